The molecule has 0 bridgehead atoms. The van der Waals surface area contributed by atoms with Crippen LogP contribution in [0.1, 0.15) is 26.3 Å². The Hall–Kier alpha value is -2.70. The number of benzene rings is 2. The molecule has 3 rings (SSSR count). The molecular weight excluding hydrogens is 355 g/mol. The van der Waals surface area contributed by atoms with Crippen molar-refractivity contribution in [3.05, 3.63) is 52.4 Å². The number of nitrogens with two attached hydrogens (primary N) is 1. The summed E-state index contributed by atoms with van der Waals surface area (Å²) < 4.78 is 42.6. The van der Waals surface area contributed by atoms with Crippen molar-refractivity contribution in [3.8, 4) is 11.1 Å². The van der Waals surface area contributed by atoms with Crippen molar-refractivity contribution >= 4 is 16.7 Å². The largest absolute Gasteiger partial charge is 0.418 e. The number of aryl methyl sites for hydroxylation is 1. The maximum atomic E-state index is 13.1. The van der Waals surface area contributed by atoms with E-state index in [2.05, 4.69) is 0 Å². The Bertz CT molecular complexity index is 1070. The topological polar surface area (TPSA) is 53.0 Å². The molecule has 0 atom stereocenters. The number of nitrogens with zero attached hydrogens (tertiary/aromatic N) is 2. The molecule has 0 unspecified atom stereocenters. The van der Waals surface area contributed by atoms with Gasteiger partial charge in [0.05, 0.1) is 22.3 Å². The van der Waals surface area contributed by atoms with Gasteiger partial charge in [0.2, 0.25) is 0 Å². The van der Waals surface area contributed by atoms with Crippen LogP contribution in [0.5, 0.6) is 0 Å². The average Bonchev–Trinajstić information content (AvgIpc) is 2.77. The zero-order valence-corrected chi connectivity index (χ0v) is 15.7. The molecule has 0 fully saturated rings. The van der Waals surface area contributed by atoms with Crippen LogP contribution >= 0.6 is 0 Å². The first-order valence-corrected chi connectivity index (χ1v) is 8.55. The van der Waals surface area contributed by atoms with E-state index >= 15 is 0 Å². The van der Waals surface area contributed by atoms with Gasteiger partial charge in [-0.3, -0.25) is 9.13 Å². The van der Waals surface area contributed by atoms with E-state index in [1.54, 1.807) is 35.9 Å². The predicted octanol–water partition coefficient (Wildman–Crippen LogP) is 4.65. The summed E-state index contributed by atoms with van der Waals surface area (Å²) in [5, 5.41) is 0. The highest BCUT2D eigenvalue weighted by Crippen LogP contribution is 2.39. The van der Waals surface area contributed by atoms with Crippen LogP contribution in [0.25, 0.3) is 22.2 Å². The van der Waals surface area contributed by atoms with Gasteiger partial charge in [0.25, 0.3) is 0 Å². The molecule has 1 heterocycles. The third kappa shape index (κ3) is 3.46. The highest BCUT2D eigenvalue weighted by Gasteiger charge is 2.33. The van der Waals surface area contributed by atoms with Gasteiger partial charge in [0, 0.05) is 19.2 Å². The fraction of sp³-hybridized carbons (Fsp3) is 0.350. The zero-order valence-electron chi connectivity index (χ0n) is 15.7. The molecule has 0 radical (unpaired) electrons. The minimum atomic E-state index is -4.52. The van der Waals surface area contributed by atoms with Gasteiger partial charge in [-0.1, -0.05) is 39.0 Å². The normalized spacial score (nSPS) is 12.7. The van der Waals surface area contributed by atoms with Gasteiger partial charge in [-0.2, -0.15) is 13.2 Å². The molecule has 3 aromatic rings. The van der Waals surface area contributed by atoms with Crippen molar-refractivity contribution in [2.75, 3.05) is 5.73 Å². The number of para-hydroxylation sites is 1. The lowest BCUT2D eigenvalue weighted by atomic mass is 9.96. The van der Waals surface area contributed by atoms with E-state index in [9.17, 15) is 18.0 Å². The van der Waals surface area contributed by atoms with E-state index in [-0.39, 0.29) is 16.8 Å². The molecular formula is C20H22F3N3O. The number of hydrogen-bond acceptors (Lipinski definition) is 2. The minimum Gasteiger partial charge on any atom is -0.398 e. The van der Waals surface area contributed by atoms with Gasteiger partial charge < -0.3 is 5.73 Å². The lowest BCUT2D eigenvalue weighted by Crippen LogP contribution is -2.27. The summed E-state index contributed by atoms with van der Waals surface area (Å²) in [6.07, 6.45) is -4.52. The molecule has 2 N–H and O–H groups in total. The van der Waals surface area contributed by atoms with Crippen LogP contribution in [-0.2, 0) is 19.8 Å². The molecule has 0 aliphatic carbocycles. The van der Waals surface area contributed by atoms with Gasteiger partial charge in [-0.15, -0.1) is 0 Å². The number of fused-ring (bicyclic) bond motifs is 1. The Morgan fingerprint density at radius 3 is 2.30 bits per heavy atom. The third-order valence-electron chi connectivity index (χ3n) is 4.50. The second-order valence-corrected chi connectivity index (χ2v) is 7.96. The lowest BCUT2D eigenvalue weighted by molar-refractivity contribution is -0.136. The summed E-state index contributed by atoms with van der Waals surface area (Å²) in [5.41, 5.74) is 6.60. The van der Waals surface area contributed by atoms with Crippen LogP contribution in [0.3, 0.4) is 0 Å². The number of hydrogen-bond donors (Lipinski definition) is 1. The molecule has 0 aliphatic rings. The fourth-order valence-corrected chi connectivity index (χ4v) is 3.27. The second-order valence-electron chi connectivity index (χ2n) is 7.96. The Labute approximate surface area is 155 Å². The number of rotatable bonds is 2. The maximum absolute atomic E-state index is 13.1. The monoisotopic (exact) mass is 377 g/mol. The number of halogens is 3. The summed E-state index contributed by atoms with van der Waals surface area (Å²) in [5.74, 6) is 0. The molecule has 0 aliphatic heterocycles. The molecule has 0 spiro atoms. The molecule has 2 aromatic carbocycles. The number of imidazole rings is 1. The van der Waals surface area contributed by atoms with E-state index in [0.29, 0.717) is 23.2 Å². The highest BCUT2D eigenvalue weighted by atomic mass is 19.4. The number of anilines is 1. The first-order chi connectivity index (χ1) is 12.4. The molecule has 7 heteroatoms. The quantitative estimate of drug-likeness (QED) is 0.661. The summed E-state index contributed by atoms with van der Waals surface area (Å²) in [7, 11) is 1.66. The van der Waals surface area contributed by atoms with Crippen molar-refractivity contribution in [2.24, 2.45) is 12.5 Å². The molecule has 0 saturated carbocycles. The van der Waals surface area contributed by atoms with Crippen LogP contribution in [0.15, 0.2) is 41.2 Å². The Kier molecular flexibility index (Phi) is 4.37. The summed E-state index contributed by atoms with van der Waals surface area (Å²) in [4.78, 5) is 12.6. The van der Waals surface area contributed by atoms with E-state index in [4.69, 9.17) is 5.73 Å². The number of nitrogen functional groups attached to an aromatic ring is 1. The van der Waals surface area contributed by atoms with E-state index in [0.717, 1.165) is 11.6 Å². The van der Waals surface area contributed by atoms with Crippen LogP contribution in [0.4, 0.5) is 18.9 Å². The van der Waals surface area contributed by atoms with Crippen molar-refractivity contribution in [2.45, 2.75) is 33.5 Å². The number of alkyl halides is 3. The Balaban J connectivity index is 2.20. The Morgan fingerprint density at radius 2 is 1.70 bits per heavy atom. The smallest absolute Gasteiger partial charge is 0.398 e. The van der Waals surface area contributed by atoms with Crippen molar-refractivity contribution in [1.29, 1.82) is 0 Å². The number of aromatic nitrogens is 2. The third-order valence-corrected chi connectivity index (χ3v) is 4.50. The first kappa shape index (κ1) is 19.1. The van der Waals surface area contributed by atoms with Crippen LogP contribution < -0.4 is 11.4 Å². The van der Waals surface area contributed by atoms with Gasteiger partial charge in [-0.05, 0) is 29.2 Å². The zero-order chi connectivity index (χ0) is 20.1. The van der Waals surface area contributed by atoms with E-state index in [1.165, 1.54) is 10.6 Å². The fourth-order valence-electron chi connectivity index (χ4n) is 3.27. The van der Waals surface area contributed by atoms with Crippen molar-refractivity contribution < 1.29 is 13.2 Å². The van der Waals surface area contributed by atoms with Gasteiger partial charge in [0.1, 0.15) is 0 Å². The van der Waals surface area contributed by atoms with Crippen LogP contribution in [0.2, 0.25) is 0 Å². The lowest BCUT2D eigenvalue weighted by Gasteiger charge is -2.18. The van der Waals surface area contributed by atoms with E-state index in [1.807, 2.05) is 20.8 Å². The summed E-state index contributed by atoms with van der Waals surface area (Å²) >= 11 is 0. The van der Waals surface area contributed by atoms with E-state index < -0.39 is 11.7 Å². The maximum Gasteiger partial charge on any atom is 0.418 e. The Morgan fingerprint density at radius 1 is 1.04 bits per heavy atom. The SMILES string of the molecule is Cn1c(=O)n(CC(C)(C)C)c2ccc(-c3cccc(C(F)(F)F)c3N)cc21. The van der Waals surface area contributed by atoms with Gasteiger partial charge in [0.15, 0.2) is 0 Å². The molecule has 144 valence electrons. The van der Waals surface area contributed by atoms with Crippen molar-refractivity contribution in [3.63, 3.8) is 0 Å². The molecule has 1 aromatic heterocycles. The standard InChI is InChI=1S/C20H22F3N3O/c1-19(2,3)11-26-15-9-8-12(10-16(15)25(4)18(26)27)13-6-5-7-14(17(13)24)20(21,22)23/h5-10H,11,24H2,1-4H3. The van der Waals surface area contributed by atoms with Crippen LogP contribution in [0, 0.1) is 5.41 Å². The summed E-state index contributed by atoms with van der Waals surface area (Å²) in [6.45, 7) is 6.65. The minimum absolute atomic E-state index is 0.0950. The summed E-state index contributed by atoms with van der Waals surface area (Å²) in [6, 6.07) is 9.03. The van der Waals surface area contributed by atoms with Crippen LogP contribution in [-0.4, -0.2) is 9.13 Å². The molecule has 0 amide bonds. The molecule has 27 heavy (non-hydrogen) atoms. The van der Waals surface area contributed by atoms with Crippen molar-refractivity contribution in [1.82, 2.24) is 9.13 Å². The molecule has 4 nitrogen and oxygen atoms in total. The average molecular weight is 377 g/mol. The molecule has 0 saturated heterocycles. The van der Waals surface area contributed by atoms with Gasteiger partial charge >= 0.3 is 11.9 Å². The van der Waals surface area contributed by atoms with Gasteiger partial charge in [-0.25, -0.2) is 4.79 Å². The first-order valence-electron chi connectivity index (χ1n) is 8.55. The second kappa shape index (κ2) is 6.18. The predicted molar refractivity (Wildman–Crippen MR) is 101 cm³/mol. The highest BCUT2D eigenvalue weighted by molar-refractivity contribution is 5.87.